The fraction of sp³-hybridized carbons (Fsp3) is 0.524. The van der Waals surface area contributed by atoms with Gasteiger partial charge in [0.2, 0.25) is 5.91 Å². The van der Waals surface area contributed by atoms with Gasteiger partial charge in [-0.15, -0.1) is 0 Å². The van der Waals surface area contributed by atoms with Gasteiger partial charge in [0, 0.05) is 42.3 Å². The van der Waals surface area contributed by atoms with E-state index in [1.165, 1.54) is 0 Å². The van der Waals surface area contributed by atoms with E-state index in [2.05, 4.69) is 32.7 Å². The molecule has 1 aliphatic heterocycles. The highest BCUT2D eigenvalue weighted by Gasteiger charge is 2.40. The Morgan fingerprint density at radius 1 is 1.15 bits per heavy atom. The number of nitrogens with one attached hydrogen (secondary N) is 1. The molecule has 1 aliphatic rings. The number of benzene rings is 1. The molecule has 1 N–H and O–H groups in total. The molecule has 0 aliphatic carbocycles. The predicted octanol–water partition coefficient (Wildman–Crippen LogP) is 3.67. The first kappa shape index (κ1) is 18.5. The first-order valence-corrected chi connectivity index (χ1v) is 9.65. The molecule has 2 atom stereocenters. The van der Waals surface area contributed by atoms with E-state index in [0.29, 0.717) is 18.7 Å². The van der Waals surface area contributed by atoms with E-state index in [1.807, 2.05) is 29.2 Å². The quantitative estimate of drug-likeness (QED) is 0.860. The van der Waals surface area contributed by atoms with Crippen molar-refractivity contribution in [3.05, 3.63) is 36.0 Å². The highest BCUT2D eigenvalue weighted by atomic mass is 16.2. The summed E-state index contributed by atoms with van der Waals surface area (Å²) in [6.45, 7) is 9.47. The molecule has 5 nitrogen and oxygen atoms in total. The molecular weight excluding hydrogens is 326 g/mol. The molecule has 2 amide bonds. The number of aromatic nitrogens is 1. The summed E-state index contributed by atoms with van der Waals surface area (Å²) in [5.41, 5.74) is 1.65. The van der Waals surface area contributed by atoms with Gasteiger partial charge in [-0.2, -0.15) is 0 Å². The van der Waals surface area contributed by atoms with Gasteiger partial charge in [-0.1, -0.05) is 32.0 Å². The van der Waals surface area contributed by atoms with Crippen molar-refractivity contribution in [1.29, 1.82) is 0 Å². The van der Waals surface area contributed by atoms with E-state index in [9.17, 15) is 9.59 Å². The highest BCUT2D eigenvalue weighted by molar-refractivity contribution is 6.07. The van der Waals surface area contributed by atoms with Crippen LogP contribution in [0.1, 0.15) is 50.9 Å². The molecule has 140 valence electrons. The van der Waals surface area contributed by atoms with Gasteiger partial charge in [-0.05, 0) is 32.8 Å². The van der Waals surface area contributed by atoms with E-state index in [4.69, 9.17) is 0 Å². The van der Waals surface area contributed by atoms with E-state index in [0.717, 1.165) is 23.7 Å². The highest BCUT2D eigenvalue weighted by Crippen LogP contribution is 2.26. The zero-order chi connectivity index (χ0) is 18.8. The van der Waals surface area contributed by atoms with Crippen LogP contribution in [0.2, 0.25) is 0 Å². The first-order valence-electron chi connectivity index (χ1n) is 9.65. The molecule has 2 unspecified atom stereocenters. The molecule has 0 bridgehead atoms. The summed E-state index contributed by atoms with van der Waals surface area (Å²) >= 11 is 0. The summed E-state index contributed by atoms with van der Waals surface area (Å²) in [6.07, 6.45) is 3.66. The third-order valence-electron chi connectivity index (χ3n) is 5.72. The van der Waals surface area contributed by atoms with Gasteiger partial charge in [-0.25, -0.2) is 0 Å². The van der Waals surface area contributed by atoms with E-state index >= 15 is 0 Å². The summed E-state index contributed by atoms with van der Waals surface area (Å²) in [4.78, 5) is 32.7. The van der Waals surface area contributed by atoms with Crippen LogP contribution in [-0.4, -0.2) is 51.8 Å². The zero-order valence-corrected chi connectivity index (χ0v) is 16.2. The normalized spacial score (nSPS) is 17.0. The number of likely N-dealkylation sites (tertiary alicyclic amines) is 1. The maximum Gasteiger partial charge on any atom is 0.256 e. The summed E-state index contributed by atoms with van der Waals surface area (Å²) in [5.74, 6) is 0.119. The number of nitrogens with zero attached hydrogens (tertiary/aromatic N) is 2. The van der Waals surface area contributed by atoms with Gasteiger partial charge in [-0.3, -0.25) is 9.59 Å². The molecule has 2 aromatic rings. The van der Waals surface area contributed by atoms with Crippen molar-refractivity contribution >= 4 is 22.7 Å². The van der Waals surface area contributed by atoms with Crippen LogP contribution in [0.25, 0.3) is 10.9 Å². The molecule has 0 radical (unpaired) electrons. The number of aromatic amines is 1. The SMILES string of the molecule is CCC(C)N(C(=O)C1CN(C(=O)c2c[nH]c3ccccc23)C1)C(C)CC. The van der Waals surface area contributed by atoms with Crippen LogP contribution < -0.4 is 0 Å². The average molecular weight is 355 g/mol. The predicted molar refractivity (Wildman–Crippen MR) is 104 cm³/mol. The molecule has 26 heavy (non-hydrogen) atoms. The van der Waals surface area contributed by atoms with Crippen molar-refractivity contribution in [3.63, 3.8) is 0 Å². The third kappa shape index (κ3) is 3.22. The Bertz CT molecular complexity index is 781. The number of para-hydroxylation sites is 1. The Kier molecular flexibility index (Phi) is 5.35. The summed E-state index contributed by atoms with van der Waals surface area (Å²) in [6, 6.07) is 8.27. The fourth-order valence-electron chi connectivity index (χ4n) is 3.69. The second kappa shape index (κ2) is 7.52. The van der Waals surface area contributed by atoms with Gasteiger partial charge in [0.15, 0.2) is 0 Å². The van der Waals surface area contributed by atoms with Crippen molar-refractivity contribution in [1.82, 2.24) is 14.8 Å². The maximum absolute atomic E-state index is 13.0. The second-order valence-electron chi connectivity index (χ2n) is 7.42. The van der Waals surface area contributed by atoms with Gasteiger partial charge < -0.3 is 14.8 Å². The molecular formula is C21H29N3O2. The zero-order valence-electron chi connectivity index (χ0n) is 16.2. The molecule has 3 rings (SSSR count). The molecule has 1 aromatic carbocycles. The largest absolute Gasteiger partial charge is 0.360 e. The minimum Gasteiger partial charge on any atom is -0.360 e. The van der Waals surface area contributed by atoms with E-state index in [-0.39, 0.29) is 29.8 Å². The lowest BCUT2D eigenvalue weighted by Gasteiger charge is -2.43. The summed E-state index contributed by atoms with van der Waals surface area (Å²) in [7, 11) is 0. The maximum atomic E-state index is 13.0. The topological polar surface area (TPSA) is 56.4 Å². The van der Waals surface area contributed by atoms with E-state index < -0.39 is 0 Å². The van der Waals surface area contributed by atoms with Crippen LogP contribution >= 0.6 is 0 Å². The second-order valence-corrected chi connectivity index (χ2v) is 7.42. The van der Waals surface area contributed by atoms with Crippen LogP contribution in [0.4, 0.5) is 0 Å². The smallest absolute Gasteiger partial charge is 0.256 e. The standard InChI is InChI=1S/C21H29N3O2/c1-5-14(3)24(15(4)6-2)20(25)16-12-23(13-16)21(26)18-11-22-19-10-8-7-9-17(18)19/h7-11,14-16,22H,5-6,12-13H2,1-4H3. The molecule has 5 heteroatoms. The van der Waals surface area contributed by atoms with Gasteiger partial charge >= 0.3 is 0 Å². The lowest BCUT2D eigenvalue weighted by Crippen LogP contribution is -2.59. The number of hydrogen-bond acceptors (Lipinski definition) is 2. The molecule has 0 saturated carbocycles. The van der Waals surface area contributed by atoms with Crippen LogP contribution in [0.15, 0.2) is 30.5 Å². The minimum atomic E-state index is -0.0767. The number of carbonyl (C=O) groups excluding carboxylic acids is 2. The first-order chi connectivity index (χ1) is 12.5. The van der Waals surface area contributed by atoms with Crippen molar-refractivity contribution in [2.24, 2.45) is 5.92 Å². The number of carbonyl (C=O) groups is 2. The van der Waals surface area contributed by atoms with Crippen molar-refractivity contribution in [2.45, 2.75) is 52.6 Å². The third-order valence-corrected chi connectivity index (χ3v) is 5.72. The molecule has 1 aromatic heterocycles. The van der Waals surface area contributed by atoms with Crippen molar-refractivity contribution in [2.75, 3.05) is 13.1 Å². The number of fused-ring (bicyclic) bond motifs is 1. The van der Waals surface area contributed by atoms with Gasteiger partial charge in [0.05, 0.1) is 11.5 Å². The monoisotopic (exact) mass is 355 g/mol. The van der Waals surface area contributed by atoms with Crippen molar-refractivity contribution in [3.8, 4) is 0 Å². The molecule has 0 spiro atoms. The number of hydrogen-bond donors (Lipinski definition) is 1. The summed E-state index contributed by atoms with van der Waals surface area (Å²) in [5, 5.41) is 0.938. The Morgan fingerprint density at radius 3 is 2.38 bits per heavy atom. The van der Waals surface area contributed by atoms with Crippen LogP contribution in [0, 0.1) is 5.92 Å². The Hall–Kier alpha value is -2.30. The Balaban J connectivity index is 1.67. The minimum absolute atomic E-state index is 0.00475. The van der Waals surface area contributed by atoms with Crippen molar-refractivity contribution < 1.29 is 9.59 Å². The Morgan fingerprint density at radius 2 is 1.77 bits per heavy atom. The number of amides is 2. The number of H-pyrrole nitrogens is 1. The molecule has 1 saturated heterocycles. The van der Waals surface area contributed by atoms with Gasteiger partial charge in [0.1, 0.15) is 0 Å². The van der Waals surface area contributed by atoms with Crippen LogP contribution in [0.5, 0.6) is 0 Å². The Labute approximate surface area is 155 Å². The lowest BCUT2D eigenvalue weighted by atomic mass is 9.95. The van der Waals surface area contributed by atoms with Gasteiger partial charge in [0.25, 0.3) is 5.91 Å². The van der Waals surface area contributed by atoms with Crippen LogP contribution in [-0.2, 0) is 4.79 Å². The van der Waals surface area contributed by atoms with E-state index in [1.54, 1.807) is 11.1 Å². The average Bonchev–Trinajstić information content (AvgIpc) is 3.04. The molecule has 1 fully saturated rings. The lowest BCUT2D eigenvalue weighted by molar-refractivity contribution is -0.144. The fourth-order valence-corrected chi connectivity index (χ4v) is 3.69. The molecule has 2 heterocycles. The van der Waals surface area contributed by atoms with Crippen LogP contribution in [0.3, 0.4) is 0 Å². The summed E-state index contributed by atoms with van der Waals surface area (Å²) < 4.78 is 0. The number of rotatable bonds is 6.